The normalized spacial score (nSPS) is 15.5. The highest BCUT2D eigenvalue weighted by atomic mass is 127. The number of hydrogen-bond acceptors (Lipinski definition) is 5. The van der Waals surface area contributed by atoms with Crippen molar-refractivity contribution in [2.24, 2.45) is 4.99 Å². The van der Waals surface area contributed by atoms with Crippen LogP contribution >= 0.6 is 24.0 Å². The first-order valence-electron chi connectivity index (χ1n) is 11.6. The van der Waals surface area contributed by atoms with Gasteiger partial charge in [0.25, 0.3) is 0 Å². The van der Waals surface area contributed by atoms with Gasteiger partial charge in [-0.05, 0) is 46.5 Å². The minimum absolute atomic E-state index is 0. The number of likely N-dealkylation sites (tertiary alicyclic amines) is 1. The molecule has 0 unspecified atom stereocenters. The van der Waals surface area contributed by atoms with Gasteiger partial charge in [-0.1, -0.05) is 13.8 Å². The number of carbonyl (C=O) groups excluding carboxylic acids is 2. The monoisotopic (exact) mass is 568 g/mol. The molecule has 1 heterocycles. The van der Waals surface area contributed by atoms with E-state index >= 15 is 0 Å². The Bertz CT molecular complexity index is 575. The third-order valence-corrected chi connectivity index (χ3v) is 4.91. The molecule has 2 amide bonds. The van der Waals surface area contributed by atoms with Gasteiger partial charge in [-0.2, -0.15) is 0 Å². The van der Waals surface area contributed by atoms with Crippen LogP contribution < -0.4 is 16.0 Å². The maximum absolute atomic E-state index is 12.4. The predicted molar refractivity (Wildman–Crippen MR) is 141 cm³/mol. The molecule has 32 heavy (non-hydrogen) atoms. The van der Waals surface area contributed by atoms with Crippen LogP contribution in [0.15, 0.2) is 4.99 Å². The number of amides is 2. The van der Waals surface area contributed by atoms with Crippen LogP contribution in [-0.4, -0.2) is 92.3 Å². The van der Waals surface area contributed by atoms with E-state index in [2.05, 4.69) is 32.8 Å². The van der Waals surface area contributed by atoms with Crippen molar-refractivity contribution in [3.8, 4) is 0 Å². The van der Waals surface area contributed by atoms with Gasteiger partial charge in [-0.3, -0.25) is 14.7 Å². The van der Waals surface area contributed by atoms with Crippen molar-refractivity contribution in [2.75, 3.05) is 52.9 Å². The molecule has 0 aliphatic carbocycles. The minimum Gasteiger partial charge on any atom is -0.444 e. The number of nitrogens with one attached hydrogen (secondary N) is 3. The average molecular weight is 569 g/mol. The molecular formula is C22H45IN6O3. The number of aliphatic imine (C=N–C) groups is 1. The van der Waals surface area contributed by atoms with Gasteiger partial charge in [-0.25, -0.2) is 4.79 Å². The Labute approximate surface area is 211 Å². The molecule has 188 valence electrons. The molecule has 0 bridgehead atoms. The number of piperidine rings is 1. The van der Waals surface area contributed by atoms with Gasteiger partial charge in [-0.15, -0.1) is 24.0 Å². The SMILES string of the molecule is CCCNC(=O)CN1CCC(NC(=NC)NCCN(CCC)C(=O)OC(C)(C)C)CC1.I. The van der Waals surface area contributed by atoms with E-state index < -0.39 is 5.60 Å². The van der Waals surface area contributed by atoms with Crippen LogP contribution in [0.2, 0.25) is 0 Å². The molecule has 1 saturated heterocycles. The molecule has 0 aromatic heterocycles. The van der Waals surface area contributed by atoms with Gasteiger partial charge < -0.3 is 25.6 Å². The molecule has 0 atom stereocenters. The number of carbonyl (C=O) groups is 2. The molecule has 0 spiro atoms. The number of nitrogens with zero attached hydrogens (tertiary/aromatic N) is 3. The molecule has 0 aromatic carbocycles. The average Bonchev–Trinajstić information content (AvgIpc) is 2.70. The van der Waals surface area contributed by atoms with Gasteiger partial charge in [0, 0.05) is 52.4 Å². The van der Waals surface area contributed by atoms with Crippen LogP contribution in [-0.2, 0) is 9.53 Å². The number of guanidine groups is 1. The first-order chi connectivity index (χ1) is 14.7. The predicted octanol–water partition coefficient (Wildman–Crippen LogP) is 2.41. The van der Waals surface area contributed by atoms with Crippen molar-refractivity contribution in [3.63, 3.8) is 0 Å². The second-order valence-electron chi connectivity index (χ2n) is 9.01. The van der Waals surface area contributed by atoms with Crippen molar-refractivity contribution >= 4 is 41.9 Å². The molecular weight excluding hydrogens is 523 g/mol. The summed E-state index contributed by atoms with van der Waals surface area (Å²) in [6.45, 7) is 14.5. The van der Waals surface area contributed by atoms with Crippen molar-refractivity contribution < 1.29 is 14.3 Å². The lowest BCUT2D eigenvalue weighted by Gasteiger charge is -2.32. The number of hydrogen-bond donors (Lipinski definition) is 3. The quantitative estimate of drug-likeness (QED) is 0.213. The maximum atomic E-state index is 12.4. The van der Waals surface area contributed by atoms with Crippen LogP contribution in [0.3, 0.4) is 0 Å². The van der Waals surface area contributed by atoms with Gasteiger partial charge in [0.05, 0.1) is 6.54 Å². The molecule has 1 fully saturated rings. The van der Waals surface area contributed by atoms with E-state index in [1.807, 2.05) is 27.7 Å². The Balaban J connectivity index is 0.00000961. The van der Waals surface area contributed by atoms with Gasteiger partial charge in [0.15, 0.2) is 5.96 Å². The Morgan fingerprint density at radius 3 is 2.25 bits per heavy atom. The van der Waals surface area contributed by atoms with E-state index in [1.54, 1.807) is 11.9 Å². The Morgan fingerprint density at radius 2 is 1.72 bits per heavy atom. The Kier molecular flexibility index (Phi) is 15.7. The molecule has 0 radical (unpaired) electrons. The number of rotatable bonds is 10. The summed E-state index contributed by atoms with van der Waals surface area (Å²) < 4.78 is 5.50. The number of ether oxygens (including phenoxy) is 1. The summed E-state index contributed by atoms with van der Waals surface area (Å²) in [5, 5.41) is 9.70. The zero-order valence-electron chi connectivity index (χ0n) is 20.8. The summed E-state index contributed by atoms with van der Waals surface area (Å²) in [5.74, 6) is 0.840. The minimum atomic E-state index is -0.500. The van der Waals surface area contributed by atoms with Crippen molar-refractivity contribution in [1.82, 2.24) is 25.8 Å². The molecule has 1 rings (SSSR count). The second-order valence-corrected chi connectivity index (χ2v) is 9.01. The standard InChI is InChI=1S/C22H44N6O3.HI/c1-7-11-24-19(29)17-27-14-9-18(10-15-27)26-20(23-6)25-12-16-28(13-8-2)21(30)31-22(3,4)5;/h18H,7-17H2,1-6H3,(H,24,29)(H2,23,25,26);1H. The highest BCUT2D eigenvalue weighted by molar-refractivity contribution is 14.0. The summed E-state index contributed by atoms with van der Waals surface area (Å²) >= 11 is 0. The van der Waals surface area contributed by atoms with Crippen LogP contribution in [0.5, 0.6) is 0 Å². The zero-order chi connectivity index (χ0) is 23.3. The largest absolute Gasteiger partial charge is 0.444 e. The third-order valence-electron chi connectivity index (χ3n) is 4.91. The zero-order valence-corrected chi connectivity index (χ0v) is 23.2. The molecule has 10 heteroatoms. The van der Waals surface area contributed by atoms with Crippen molar-refractivity contribution in [3.05, 3.63) is 0 Å². The summed E-state index contributed by atoms with van der Waals surface area (Å²) in [4.78, 5) is 32.5. The summed E-state index contributed by atoms with van der Waals surface area (Å²) in [5.41, 5.74) is -0.500. The summed E-state index contributed by atoms with van der Waals surface area (Å²) in [7, 11) is 1.75. The van der Waals surface area contributed by atoms with Crippen molar-refractivity contribution in [1.29, 1.82) is 0 Å². The Hall–Kier alpha value is -1.30. The van der Waals surface area contributed by atoms with E-state index in [-0.39, 0.29) is 36.0 Å². The first kappa shape index (κ1) is 30.7. The molecule has 1 aliphatic heterocycles. The van der Waals surface area contributed by atoms with Crippen LogP contribution in [0.4, 0.5) is 4.79 Å². The molecule has 3 N–H and O–H groups in total. The third kappa shape index (κ3) is 13.3. The molecule has 1 aliphatic rings. The topological polar surface area (TPSA) is 98.3 Å². The highest BCUT2D eigenvalue weighted by Gasteiger charge is 2.23. The van der Waals surface area contributed by atoms with Crippen LogP contribution in [0, 0.1) is 0 Å². The lowest BCUT2D eigenvalue weighted by atomic mass is 10.1. The molecule has 0 aromatic rings. The summed E-state index contributed by atoms with van der Waals surface area (Å²) in [6, 6.07) is 0.318. The van der Waals surface area contributed by atoms with E-state index in [9.17, 15) is 9.59 Å². The van der Waals surface area contributed by atoms with Crippen LogP contribution in [0.25, 0.3) is 0 Å². The lowest BCUT2D eigenvalue weighted by Crippen LogP contribution is -2.51. The van der Waals surface area contributed by atoms with Crippen molar-refractivity contribution in [2.45, 2.75) is 71.9 Å². The second kappa shape index (κ2) is 16.3. The van der Waals surface area contributed by atoms with E-state index in [1.165, 1.54) is 0 Å². The lowest BCUT2D eigenvalue weighted by molar-refractivity contribution is -0.122. The van der Waals surface area contributed by atoms with Gasteiger partial charge in [0.2, 0.25) is 5.91 Å². The fourth-order valence-corrected chi connectivity index (χ4v) is 3.35. The van der Waals surface area contributed by atoms with Gasteiger partial charge >= 0.3 is 6.09 Å². The fourth-order valence-electron chi connectivity index (χ4n) is 3.35. The Morgan fingerprint density at radius 1 is 1.06 bits per heavy atom. The smallest absolute Gasteiger partial charge is 0.410 e. The van der Waals surface area contributed by atoms with Crippen LogP contribution in [0.1, 0.15) is 60.3 Å². The fraction of sp³-hybridized carbons (Fsp3) is 0.864. The molecule has 9 nitrogen and oxygen atoms in total. The highest BCUT2D eigenvalue weighted by Crippen LogP contribution is 2.11. The van der Waals surface area contributed by atoms with Gasteiger partial charge in [0.1, 0.15) is 5.60 Å². The summed E-state index contributed by atoms with van der Waals surface area (Å²) in [6.07, 6.45) is 3.47. The van der Waals surface area contributed by atoms with E-state index in [0.29, 0.717) is 32.2 Å². The van der Waals surface area contributed by atoms with E-state index in [0.717, 1.165) is 51.3 Å². The molecule has 0 saturated carbocycles. The number of halogens is 1. The maximum Gasteiger partial charge on any atom is 0.410 e. The van der Waals surface area contributed by atoms with E-state index in [4.69, 9.17) is 4.74 Å². The first-order valence-corrected chi connectivity index (χ1v) is 11.6.